The fraction of sp³-hybridized carbons (Fsp3) is 0.594. The van der Waals surface area contributed by atoms with Crippen LogP contribution in [-0.2, 0) is 34.3 Å². The number of amides is 3. The Morgan fingerprint density at radius 2 is 1.81 bits per heavy atom. The molecule has 1 aromatic carbocycles. The van der Waals surface area contributed by atoms with Crippen molar-refractivity contribution in [1.29, 1.82) is 0 Å². The summed E-state index contributed by atoms with van der Waals surface area (Å²) in [5.41, 5.74) is 10.6. The van der Waals surface area contributed by atoms with E-state index in [1.165, 1.54) is 0 Å². The standard InChI is InChI=1S/C32H43N7O4/c1-37-28-13-5-21(16-27(28)35-36-37)18-34-31(41)29-17-22(15-20-3-10-25(43-2)11-4-20)19-38(29)32(42)26(33)12-14-30(40)39-23-6-7-24(39)9-8-23/h3-4,10-11,16,22-24,26,29H,5-9,12-15,17-19,33H2,1-2H3,(H,34,41)/t22-,23?,24?,26?,29?/m0/s1. The number of nitrogens with zero attached hydrogens (tertiary/aromatic N) is 5. The van der Waals surface area contributed by atoms with Gasteiger partial charge in [-0.1, -0.05) is 17.3 Å². The molecule has 1 aromatic heterocycles. The maximum absolute atomic E-state index is 13.7. The quantitative estimate of drug-likeness (QED) is 0.433. The zero-order chi connectivity index (χ0) is 30.1. The highest BCUT2D eigenvalue weighted by Gasteiger charge is 2.43. The minimum atomic E-state index is -0.824. The Morgan fingerprint density at radius 3 is 2.51 bits per heavy atom. The molecule has 4 heterocycles. The van der Waals surface area contributed by atoms with Gasteiger partial charge in [0.25, 0.3) is 0 Å². The zero-order valence-electron chi connectivity index (χ0n) is 25.2. The van der Waals surface area contributed by atoms with Gasteiger partial charge in [-0.2, -0.15) is 0 Å². The van der Waals surface area contributed by atoms with Gasteiger partial charge in [0.1, 0.15) is 17.5 Å². The molecule has 2 unspecified atom stereocenters. The van der Waals surface area contributed by atoms with E-state index < -0.39 is 12.1 Å². The molecule has 43 heavy (non-hydrogen) atoms. The van der Waals surface area contributed by atoms with Crippen molar-refractivity contribution < 1.29 is 19.1 Å². The van der Waals surface area contributed by atoms with E-state index in [1.807, 2.05) is 42.3 Å². The molecule has 3 aliphatic heterocycles. The number of nitrogens with two attached hydrogens (primary N) is 1. The van der Waals surface area contributed by atoms with Gasteiger partial charge in [-0.05, 0) is 93.1 Å². The molecule has 3 saturated heterocycles. The highest BCUT2D eigenvalue weighted by atomic mass is 16.5. The molecule has 3 amide bonds. The average molecular weight is 590 g/mol. The maximum Gasteiger partial charge on any atom is 0.243 e. The summed E-state index contributed by atoms with van der Waals surface area (Å²) in [5, 5.41) is 11.4. The lowest BCUT2D eigenvalue weighted by Gasteiger charge is -2.28. The molecule has 11 heteroatoms. The van der Waals surface area contributed by atoms with Crippen LogP contribution in [0, 0.1) is 5.92 Å². The Hall–Kier alpha value is -3.73. The fourth-order valence-electron chi connectivity index (χ4n) is 7.52. The second-order valence-corrected chi connectivity index (χ2v) is 12.6. The third-order valence-corrected chi connectivity index (χ3v) is 9.87. The molecular formula is C32H43N7O4. The van der Waals surface area contributed by atoms with Crippen LogP contribution >= 0.6 is 0 Å². The number of benzene rings is 1. The van der Waals surface area contributed by atoms with E-state index in [4.69, 9.17) is 10.5 Å². The van der Waals surface area contributed by atoms with Crippen LogP contribution in [0.1, 0.15) is 68.3 Å². The van der Waals surface area contributed by atoms with Gasteiger partial charge < -0.3 is 25.6 Å². The molecule has 3 fully saturated rings. The largest absolute Gasteiger partial charge is 0.497 e. The molecule has 3 atom stereocenters. The van der Waals surface area contributed by atoms with E-state index in [9.17, 15) is 14.4 Å². The molecular weight excluding hydrogens is 546 g/mol. The first-order valence-electron chi connectivity index (χ1n) is 15.7. The third kappa shape index (κ3) is 6.18. The van der Waals surface area contributed by atoms with Crippen molar-refractivity contribution >= 4 is 23.8 Å². The van der Waals surface area contributed by atoms with Gasteiger partial charge in [0.15, 0.2) is 0 Å². The fourth-order valence-corrected chi connectivity index (χ4v) is 7.52. The predicted octanol–water partition coefficient (Wildman–Crippen LogP) is 1.99. The number of hydrogen-bond acceptors (Lipinski definition) is 7. The van der Waals surface area contributed by atoms with Crippen molar-refractivity contribution in [2.24, 2.45) is 18.7 Å². The van der Waals surface area contributed by atoms with Gasteiger partial charge in [0, 0.05) is 38.6 Å². The Bertz CT molecular complexity index is 1370. The number of carbonyl (C=O) groups is 3. The molecule has 230 valence electrons. The number of aromatic nitrogens is 3. The Labute approximate surface area is 252 Å². The van der Waals surface area contributed by atoms with Crippen LogP contribution in [0.25, 0.3) is 6.08 Å². The van der Waals surface area contributed by atoms with E-state index >= 15 is 0 Å². The highest BCUT2D eigenvalue weighted by Crippen LogP contribution is 2.38. The van der Waals surface area contributed by atoms with E-state index in [0.29, 0.717) is 31.6 Å². The molecule has 4 aliphatic rings. The number of fused-ring (bicyclic) bond motifs is 3. The first-order chi connectivity index (χ1) is 20.8. The maximum atomic E-state index is 13.7. The summed E-state index contributed by atoms with van der Waals surface area (Å²) < 4.78 is 7.08. The normalized spacial score (nSPS) is 25.0. The first-order valence-corrected chi connectivity index (χ1v) is 15.7. The second kappa shape index (κ2) is 12.5. The summed E-state index contributed by atoms with van der Waals surface area (Å²) >= 11 is 0. The SMILES string of the molecule is COc1ccc(C[C@H]2CC(C(=O)NCC3=Cc4nnn(C)c4CC3)N(C(=O)C(N)CCC(=O)N3C4CCC3CC4)C2)cc1. The molecule has 11 nitrogen and oxygen atoms in total. The van der Waals surface area contributed by atoms with Crippen molar-refractivity contribution in [1.82, 2.24) is 30.1 Å². The summed E-state index contributed by atoms with van der Waals surface area (Å²) in [4.78, 5) is 44.0. The van der Waals surface area contributed by atoms with Gasteiger partial charge >= 0.3 is 0 Å². The molecule has 1 aliphatic carbocycles. The van der Waals surface area contributed by atoms with Crippen molar-refractivity contribution in [3.8, 4) is 5.75 Å². The van der Waals surface area contributed by atoms with Gasteiger partial charge in [0.05, 0.1) is 18.8 Å². The highest BCUT2D eigenvalue weighted by molar-refractivity contribution is 5.91. The second-order valence-electron chi connectivity index (χ2n) is 12.6. The van der Waals surface area contributed by atoms with Crippen molar-refractivity contribution in [2.45, 2.75) is 88.4 Å². The number of hydrogen-bond donors (Lipinski definition) is 2. The number of methoxy groups -OCH3 is 1. The van der Waals surface area contributed by atoms with Crippen LogP contribution < -0.4 is 15.8 Å². The predicted molar refractivity (Wildman–Crippen MR) is 161 cm³/mol. The minimum absolute atomic E-state index is 0.105. The van der Waals surface area contributed by atoms with E-state index in [-0.39, 0.29) is 36.5 Å². The molecule has 0 spiro atoms. The number of likely N-dealkylation sites (tertiary alicyclic amines) is 1. The van der Waals surface area contributed by atoms with Crippen LogP contribution in [0.3, 0.4) is 0 Å². The molecule has 0 radical (unpaired) electrons. The van der Waals surface area contributed by atoms with Crippen LogP contribution in [0.4, 0.5) is 0 Å². The lowest BCUT2D eigenvalue weighted by molar-refractivity contribution is -0.140. The minimum Gasteiger partial charge on any atom is -0.497 e. The monoisotopic (exact) mass is 589 g/mol. The number of nitrogens with one attached hydrogen (secondary N) is 1. The average Bonchev–Trinajstić information content (AvgIpc) is 3.82. The Morgan fingerprint density at radius 1 is 1.09 bits per heavy atom. The molecule has 3 N–H and O–H groups in total. The van der Waals surface area contributed by atoms with Crippen LogP contribution in [0.5, 0.6) is 5.75 Å². The summed E-state index contributed by atoms with van der Waals surface area (Å²) in [6.45, 7) is 0.849. The van der Waals surface area contributed by atoms with Crippen LogP contribution in [-0.4, -0.2) is 86.9 Å². The molecule has 2 bridgehead atoms. The number of aryl methyl sites for hydroxylation is 1. The smallest absolute Gasteiger partial charge is 0.243 e. The van der Waals surface area contributed by atoms with Gasteiger partial charge in [-0.25, -0.2) is 0 Å². The molecule has 6 rings (SSSR count). The van der Waals surface area contributed by atoms with E-state index in [2.05, 4.69) is 15.6 Å². The van der Waals surface area contributed by atoms with Crippen molar-refractivity contribution in [3.05, 3.63) is 46.8 Å². The topological polar surface area (TPSA) is 136 Å². The summed E-state index contributed by atoms with van der Waals surface area (Å²) in [7, 11) is 3.53. The lowest BCUT2D eigenvalue weighted by atomic mass is 9.96. The molecule has 2 aromatic rings. The zero-order valence-corrected chi connectivity index (χ0v) is 25.2. The van der Waals surface area contributed by atoms with Gasteiger partial charge in [0.2, 0.25) is 17.7 Å². The van der Waals surface area contributed by atoms with Crippen molar-refractivity contribution in [2.75, 3.05) is 20.2 Å². The van der Waals surface area contributed by atoms with Gasteiger partial charge in [-0.3, -0.25) is 19.1 Å². The number of carbonyl (C=O) groups excluding carboxylic acids is 3. The summed E-state index contributed by atoms with van der Waals surface area (Å²) in [5.74, 6) is 0.577. The number of rotatable bonds is 10. The number of ether oxygens (including phenoxy) is 1. The Kier molecular flexibility index (Phi) is 8.52. The third-order valence-electron chi connectivity index (χ3n) is 9.87. The van der Waals surface area contributed by atoms with Crippen LogP contribution in [0.15, 0.2) is 29.8 Å². The van der Waals surface area contributed by atoms with Crippen molar-refractivity contribution in [3.63, 3.8) is 0 Å². The van der Waals surface area contributed by atoms with Crippen LogP contribution in [0.2, 0.25) is 0 Å². The lowest BCUT2D eigenvalue weighted by Crippen LogP contribution is -2.51. The van der Waals surface area contributed by atoms with Gasteiger partial charge in [-0.15, -0.1) is 5.10 Å². The Balaban J connectivity index is 1.10. The summed E-state index contributed by atoms with van der Waals surface area (Å²) in [6, 6.07) is 7.19. The summed E-state index contributed by atoms with van der Waals surface area (Å²) in [6.07, 6.45) is 9.81. The first kappa shape index (κ1) is 29.3. The van der Waals surface area contributed by atoms with E-state index in [1.54, 1.807) is 16.7 Å². The molecule has 0 saturated carbocycles. The van der Waals surface area contributed by atoms with E-state index in [0.717, 1.165) is 73.2 Å².